The molecule has 1 aliphatic carbocycles. The molecule has 2 nitrogen and oxygen atoms in total. The van der Waals surface area contributed by atoms with Crippen LogP contribution >= 0.6 is 0 Å². The van der Waals surface area contributed by atoms with Crippen LogP contribution in [0.3, 0.4) is 0 Å². The molecule has 1 saturated carbocycles. The van der Waals surface area contributed by atoms with Crippen molar-refractivity contribution < 1.29 is 9.90 Å². The average Bonchev–Trinajstić information content (AvgIpc) is 2.32. The van der Waals surface area contributed by atoms with Gasteiger partial charge in [0.1, 0.15) is 5.78 Å². The van der Waals surface area contributed by atoms with E-state index >= 15 is 0 Å². The Balaban J connectivity index is 2.86. The summed E-state index contributed by atoms with van der Waals surface area (Å²) < 4.78 is 0. The van der Waals surface area contributed by atoms with Crippen LogP contribution in [0.5, 0.6) is 0 Å². The second kappa shape index (κ2) is 3.21. The summed E-state index contributed by atoms with van der Waals surface area (Å²) in [6.45, 7) is 8.23. The zero-order valence-corrected chi connectivity index (χ0v) is 10.1. The fourth-order valence-electron chi connectivity index (χ4n) is 1.93. The van der Waals surface area contributed by atoms with E-state index in [1.54, 1.807) is 0 Å². The highest BCUT2D eigenvalue weighted by Crippen LogP contribution is 2.36. The summed E-state index contributed by atoms with van der Waals surface area (Å²) in [6.07, 6.45) is 2.52. The number of ketones is 1. The van der Waals surface area contributed by atoms with Crippen LogP contribution in [0.4, 0.5) is 0 Å². The molecule has 0 unspecified atom stereocenters. The molecule has 76 valence electrons. The summed E-state index contributed by atoms with van der Waals surface area (Å²) in [5, 5.41) is 9.64. The lowest BCUT2D eigenvalue weighted by molar-refractivity contribution is -0.124. The number of rotatable bonds is 2. The van der Waals surface area contributed by atoms with E-state index in [9.17, 15) is 9.90 Å². The lowest BCUT2D eigenvalue weighted by Gasteiger charge is -2.39. The lowest BCUT2D eigenvalue weighted by Crippen LogP contribution is -2.56. The van der Waals surface area contributed by atoms with Crippen molar-refractivity contribution in [3.63, 3.8) is 0 Å². The SMILES string of the molecule is C[C@@](O)([C@H]1CCCC1=O)[Si](C)(C)C. The molecule has 0 aromatic heterocycles. The molecule has 0 amide bonds. The average molecular weight is 200 g/mol. The van der Waals surface area contributed by atoms with Crippen molar-refractivity contribution in [2.75, 3.05) is 0 Å². The summed E-state index contributed by atoms with van der Waals surface area (Å²) in [5.74, 6) is 0.187. The predicted octanol–water partition coefficient (Wildman–Crippen LogP) is 1.98. The smallest absolute Gasteiger partial charge is 0.138 e. The van der Waals surface area contributed by atoms with Crippen LogP contribution < -0.4 is 0 Å². The molecule has 0 aliphatic heterocycles. The number of carbonyl (C=O) groups excluding carboxylic acids is 1. The van der Waals surface area contributed by atoms with E-state index in [-0.39, 0.29) is 11.7 Å². The molecule has 13 heavy (non-hydrogen) atoms. The Morgan fingerprint density at radius 3 is 2.31 bits per heavy atom. The fourth-order valence-corrected chi connectivity index (χ4v) is 3.28. The quantitative estimate of drug-likeness (QED) is 0.692. The van der Waals surface area contributed by atoms with Gasteiger partial charge in [-0.25, -0.2) is 0 Å². The first-order valence-corrected chi connectivity index (χ1v) is 8.52. The van der Waals surface area contributed by atoms with Crippen LogP contribution in [0.25, 0.3) is 0 Å². The first kappa shape index (κ1) is 10.9. The van der Waals surface area contributed by atoms with E-state index in [1.165, 1.54) is 0 Å². The van der Waals surface area contributed by atoms with Crippen LogP contribution in [-0.4, -0.2) is 24.2 Å². The Hall–Kier alpha value is -0.153. The molecule has 0 heterocycles. The molecule has 0 spiro atoms. The second-order valence-electron chi connectivity index (χ2n) is 5.31. The van der Waals surface area contributed by atoms with Crippen LogP contribution in [-0.2, 0) is 4.79 Å². The molecule has 1 fully saturated rings. The molecule has 2 atom stereocenters. The van der Waals surface area contributed by atoms with Crippen molar-refractivity contribution in [1.82, 2.24) is 0 Å². The molecule has 1 rings (SSSR count). The van der Waals surface area contributed by atoms with Crippen molar-refractivity contribution in [1.29, 1.82) is 0 Å². The zero-order chi connectivity index (χ0) is 10.3. The number of hydrogen-bond donors (Lipinski definition) is 1. The number of hydrogen-bond acceptors (Lipinski definition) is 2. The summed E-state index contributed by atoms with van der Waals surface area (Å²) in [6, 6.07) is 0. The molecular weight excluding hydrogens is 180 g/mol. The lowest BCUT2D eigenvalue weighted by atomic mass is 10.0. The summed E-state index contributed by atoms with van der Waals surface area (Å²) in [4.78, 5) is 11.5. The van der Waals surface area contributed by atoms with Gasteiger partial charge in [-0.2, -0.15) is 0 Å². The third kappa shape index (κ3) is 1.86. The third-order valence-corrected chi connectivity index (χ3v) is 6.89. The van der Waals surface area contributed by atoms with E-state index in [4.69, 9.17) is 0 Å². The Labute approximate surface area is 81.4 Å². The topological polar surface area (TPSA) is 37.3 Å². The molecule has 3 heteroatoms. The summed E-state index contributed by atoms with van der Waals surface area (Å²) in [5.41, 5.74) is 0. The van der Waals surface area contributed by atoms with Gasteiger partial charge >= 0.3 is 0 Å². The molecule has 0 aromatic rings. The molecule has 0 saturated heterocycles. The first-order valence-electron chi connectivity index (χ1n) is 5.02. The summed E-state index contributed by atoms with van der Waals surface area (Å²) in [7, 11) is -1.66. The maximum atomic E-state index is 11.5. The summed E-state index contributed by atoms with van der Waals surface area (Å²) >= 11 is 0. The van der Waals surface area contributed by atoms with Crippen LogP contribution in [0.15, 0.2) is 0 Å². The molecular formula is C10H20O2Si. The monoisotopic (exact) mass is 200 g/mol. The van der Waals surface area contributed by atoms with Crippen molar-refractivity contribution in [2.24, 2.45) is 5.92 Å². The van der Waals surface area contributed by atoms with Gasteiger partial charge in [0, 0.05) is 12.3 Å². The maximum absolute atomic E-state index is 11.5. The van der Waals surface area contributed by atoms with Crippen LogP contribution in [0.2, 0.25) is 19.6 Å². The van der Waals surface area contributed by atoms with Gasteiger partial charge in [0.05, 0.1) is 13.3 Å². The maximum Gasteiger partial charge on any atom is 0.138 e. The van der Waals surface area contributed by atoms with E-state index in [0.717, 1.165) is 12.8 Å². The Morgan fingerprint density at radius 1 is 1.46 bits per heavy atom. The first-order chi connectivity index (χ1) is 5.77. The molecule has 0 radical (unpaired) electrons. The van der Waals surface area contributed by atoms with E-state index in [1.807, 2.05) is 6.92 Å². The Bertz CT molecular complexity index is 215. The van der Waals surface area contributed by atoms with E-state index in [0.29, 0.717) is 6.42 Å². The highest BCUT2D eigenvalue weighted by Gasteiger charge is 2.48. The fraction of sp³-hybridized carbons (Fsp3) is 0.900. The number of aliphatic hydroxyl groups is 1. The predicted molar refractivity (Wildman–Crippen MR) is 56.3 cm³/mol. The molecule has 1 aliphatic rings. The second-order valence-corrected chi connectivity index (χ2v) is 10.8. The van der Waals surface area contributed by atoms with Crippen LogP contribution in [0.1, 0.15) is 26.2 Å². The zero-order valence-electron chi connectivity index (χ0n) is 9.05. The van der Waals surface area contributed by atoms with Gasteiger partial charge in [0.25, 0.3) is 0 Å². The molecule has 0 aromatic carbocycles. The number of Topliss-reactive ketones (excluding diaryl/α,β-unsaturated/α-hetero) is 1. The largest absolute Gasteiger partial charge is 0.393 e. The van der Waals surface area contributed by atoms with Crippen molar-refractivity contribution in [3.8, 4) is 0 Å². The highest BCUT2D eigenvalue weighted by atomic mass is 28.3. The minimum absolute atomic E-state index is 0.0841. The van der Waals surface area contributed by atoms with Gasteiger partial charge in [0.15, 0.2) is 0 Å². The minimum atomic E-state index is -1.66. The van der Waals surface area contributed by atoms with Crippen molar-refractivity contribution >= 4 is 13.9 Å². The molecule has 1 N–H and O–H groups in total. The van der Waals surface area contributed by atoms with Crippen molar-refractivity contribution in [3.05, 3.63) is 0 Å². The van der Waals surface area contributed by atoms with E-state index in [2.05, 4.69) is 19.6 Å². The normalized spacial score (nSPS) is 29.0. The van der Waals surface area contributed by atoms with E-state index < -0.39 is 13.3 Å². The van der Waals surface area contributed by atoms with Gasteiger partial charge in [-0.1, -0.05) is 19.6 Å². The highest BCUT2D eigenvalue weighted by molar-refractivity contribution is 6.79. The van der Waals surface area contributed by atoms with Gasteiger partial charge in [-0.05, 0) is 19.8 Å². The standard InChI is InChI=1S/C10H20O2Si/c1-10(12,13(2,3)4)8-6-5-7-9(8)11/h8,12H,5-7H2,1-4H3/t8-,10-/m0/s1. The van der Waals surface area contributed by atoms with Crippen molar-refractivity contribution in [2.45, 2.75) is 51.1 Å². The Morgan fingerprint density at radius 2 is 2.00 bits per heavy atom. The number of carbonyl (C=O) groups is 1. The van der Waals surface area contributed by atoms with Gasteiger partial charge in [-0.3, -0.25) is 4.79 Å². The molecule has 0 bridgehead atoms. The van der Waals surface area contributed by atoms with Gasteiger partial charge in [0.2, 0.25) is 0 Å². The van der Waals surface area contributed by atoms with Gasteiger partial charge < -0.3 is 5.11 Å². The Kier molecular flexibility index (Phi) is 2.70. The van der Waals surface area contributed by atoms with Crippen LogP contribution in [0, 0.1) is 5.92 Å². The minimum Gasteiger partial charge on any atom is -0.393 e. The third-order valence-electron chi connectivity index (χ3n) is 3.50. The van der Waals surface area contributed by atoms with Gasteiger partial charge in [-0.15, -0.1) is 0 Å².